The highest BCUT2D eigenvalue weighted by Crippen LogP contribution is 2.34. The third-order valence-corrected chi connectivity index (χ3v) is 9.68. The Bertz CT molecular complexity index is 1530. The minimum Gasteiger partial charge on any atom is -0.467 e. The van der Waals surface area contributed by atoms with Gasteiger partial charge in [-0.15, -0.1) is 0 Å². The maximum atomic E-state index is 13.3. The molecule has 0 aromatic rings. The van der Waals surface area contributed by atoms with Crippen LogP contribution in [0.4, 0.5) is 14.4 Å². The summed E-state index contributed by atoms with van der Waals surface area (Å²) >= 11 is 0. The first kappa shape index (κ1) is 52.8. The van der Waals surface area contributed by atoms with Crippen molar-refractivity contribution in [1.82, 2.24) is 26.2 Å². The number of carbonyl (C=O) groups is 4. The molecule has 12 atom stereocenters. The van der Waals surface area contributed by atoms with Crippen molar-refractivity contribution in [2.45, 2.75) is 178 Å². The Morgan fingerprint density at radius 1 is 0.871 bits per heavy atom. The molecular formula is C40H73N7O15. The lowest BCUT2D eigenvalue weighted by Gasteiger charge is -2.50. The number of likely N-dealkylation sites (N-methyl/N-ethyl adjacent to an activating group) is 1. The highest BCUT2D eigenvalue weighted by Gasteiger charge is 2.54. The number of aliphatic hydroxyl groups excluding tert-OH is 3. The molecule has 0 aromatic carbocycles. The van der Waals surface area contributed by atoms with Crippen LogP contribution in [0.15, 0.2) is 11.8 Å². The first-order chi connectivity index (χ1) is 28.5. The number of amides is 4. The zero-order valence-corrected chi connectivity index (χ0v) is 38.0. The molecule has 1 saturated heterocycles. The standard InChI is InChI=1S/C40H73N7O15/c1-37(2,3)60-34(52)44-16-12-15-43-18-21-13-14-22(41)32(57-21)58-28-23(42)17-24(46-31(51)25(48)19-45-35(53)61-38(4,5)6)29(26(28)49)59-33-27(50)30(40(10,55)20-56-33)47(11)36(54)62-39(7,8)9/h13,22-30,32-33,43,48-50,55H,12,14-20,41-42H2,1-11H3,(H,44,52)(H,45,53)(H,46,51)/t22-,23+,24-,25-,26+,27-,28-,29+,30-,32-,33-,40+/m1/s1. The predicted molar refractivity (Wildman–Crippen MR) is 222 cm³/mol. The average molecular weight is 892 g/mol. The number of carbonyl (C=O) groups excluding carboxylic acids is 4. The number of hydrogen-bond donors (Lipinski definition) is 10. The Kier molecular flexibility index (Phi) is 18.6. The van der Waals surface area contributed by atoms with E-state index in [-0.39, 0.29) is 6.42 Å². The maximum Gasteiger partial charge on any atom is 0.410 e. The molecule has 22 nitrogen and oxygen atoms in total. The lowest BCUT2D eigenvalue weighted by Crippen LogP contribution is -2.70. The van der Waals surface area contributed by atoms with Gasteiger partial charge in [0.2, 0.25) is 6.29 Å². The fraction of sp³-hybridized carbons (Fsp3) is 0.850. The molecule has 3 aliphatic rings. The van der Waals surface area contributed by atoms with E-state index in [0.29, 0.717) is 38.2 Å². The van der Waals surface area contributed by atoms with Gasteiger partial charge in [0.1, 0.15) is 58.7 Å². The summed E-state index contributed by atoms with van der Waals surface area (Å²) in [5.74, 6) is -0.455. The zero-order valence-electron chi connectivity index (χ0n) is 38.0. The molecule has 2 heterocycles. The van der Waals surface area contributed by atoms with Crippen molar-refractivity contribution in [3.8, 4) is 0 Å². The van der Waals surface area contributed by atoms with E-state index in [4.69, 9.17) is 44.6 Å². The van der Waals surface area contributed by atoms with Crippen molar-refractivity contribution in [2.24, 2.45) is 11.5 Å². The van der Waals surface area contributed by atoms with E-state index < -0.39 is 127 Å². The summed E-state index contributed by atoms with van der Waals surface area (Å²) in [7, 11) is 1.34. The fourth-order valence-corrected chi connectivity index (χ4v) is 6.91. The molecule has 0 aromatic heterocycles. The van der Waals surface area contributed by atoms with Crippen LogP contribution >= 0.6 is 0 Å². The molecule has 62 heavy (non-hydrogen) atoms. The molecule has 1 aliphatic carbocycles. The van der Waals surface area contributed by atoms with Crippen molar-refractivity contribution in [2.75, 3.05) is 39.8 Å². The first-order valence-electron chi connectivity index (χ1n) is 20.9. The van der Waals surface area contributed by atoms with Crippen LogP contribution in [0.2, 0.25) is 0 Å². The maximum absolute atomic E-state index is 13.3. The summed E-state index contributed by atoms with van der Waals surface area (Å²) < 4.78 is 40.2. The second-order valence-electron chi connectivity index (χ2n) is 19.2. The van der Waals surface area contributed by atoms with Gasteiger partial charge in [-0.1, -0.05) is 0 Å². The van der Waals surface area contributed by atoms with E-state index in [1.807, 2.05) is 0 Å². The van der Waals surface area contributed by atoms with E-state index in [9.17, 15) is 39.6 Å². The number of nitrogens with one attached hydrogen (secondary N) is 4. The van der Waals surface area contributed by atoms with Gasteiger partial charge in [0.15, 0.2) is 6.29 Å². The summed E-state index contributed by atoms with van der Waals surface area (Å²) in [5.41, 5.74) is 8.85. The summed E-state index contributed by atoms with van der Waals surface area (Å²) in [5, 5.41) is 56.5. The number of hydrogen-bond acceptors (Lipinski definition) is 18. The van der Waals surface area contributed by atoms with E-state index in [1.54, 1.807) is 68.4 Å². The third kappa shape index (κ3) is 16.5. The SMILES string of the molecule is CN(C(=O)OC(C)(C)C)[C@@H]1[C@@H](O)[C@@H](O[C@@H]2[C@@H](O)[C@H](O[C@H]3OC(CNCCCNC(=O)OC(C)(C)C)=CC[C@H]3N)[C@@H](N)C[C@H]2NC(=O)[C@H](O)CNC(=O)OC(C)(C)C)OC[C@]1(C)O. The molecule has 2 fully saturated rings. The van der Waals surface area contributed by atoms with Crippen LogP contribution in [-0.2, 0) is 38.0 Å². The van der Waals surface area contributed by atoms with Gasteiger partial charge in [0.25, 0.3) is 5.91 Å². The van der Waals surface area contributed by atoms with Crippen molar-refractivity contribution in [1.29, 1.82) is 0 Å². The van der Waals surface area contributed by atoms with Crippen LogP contribution in [0, 0.1) is 0 Å². The Hall–Kier alpha value is -3.58. The highest BCUT2D eigenvalue weighted by atomic mass is 16.7. The van der Waals surface area contributed by atoms with E-state index >= 15 is 0 Å². The van der Waals surface area contributed by atoms with Gasteiger partial charge in [-0.3, -0.25) is 4.79 Å². The lowest BCUT2D eigenvalue weighted by atomic mass is 9.83. The second-order valence-corrected chi connectivity index (χ2v) is 19.2. The molecule has 2 aliphatic heterocycles. The van der Waals surface area contributed by atoms with Crippen LogP contribution in [0.1, 0.15) is 88.5 Å². The topological polar surface area (TPSA) is 317 Å². The number of nitrogens with two attached hydrogens (primary N) is 2. The average Bonchev–Trinajstić information content (AvgIpc) is 3.11. The molecule has 358 valence electrons. The Balaban J connectivity index is 1.77. The normalized spacial score (nSPS) is 31.1. The van der Waals surface area contributed by atoms with Crippen molar-refractivity contribution in [3.05, 3.63) is 11.8 Å². The molecule has 12 N–H and O–H groups in total. The van der Waals surface area contributed by atoms with E-state index in [2.05, 4.69) is 21.3 Å². The molecule has 22 heteroatoms. The minimum absolute atomic E-state index is 0.115. The second kappa shape index (κ2) is 21.9. The molecule has 0 bridgehead atoms. The Morgan fingerprint density at radius 2 is 1.45 bits per heavy atom. The molecule has 1 saturated carbocycles. The minimum atomic E-state index is -1.80. The molecule has 0 radical (unpaired) electrons. The quantitative estimate of drug-likeness (QED) is 0.0724. The molecule has 0 spiro atoms. The molecule has 3 rings (SSSR count). The monoisotopic (exact) mass is 892 g/mol. The van der Waals surface area contributed by atoms with Gasteiger partial charge in [-0.2, -0.15) is 0 Å². The van der Waals surface area contributed by atoms with Crippen LogP contribution in [0.5, 0.6) is 0 Å². The Morgan fingerprint density at radius 3 is 2.05 bits per heavy atom. The summed E-state index contributed by atoms with van der Waals surface area (Å²) in [6.45, 7) is 16.9. The molecule has 4 amide bonds. The first-order valence-corrected chi connectivity index (χ1v) is 20.9. The number of alkyl carbamates (subject to hydrolysis) is 2. The van der Waals surface area contributed by atoms with Crippen molar-refractivity contribution < 1.29 is 72.8 Å². The predicted octanol–water partition coefficient (Wildman–Crippen LogP) is -0.615. The summed E-state index contributed by atoms with van der Waals surface area (Å²) in [6, 6.07) is -4.17. The van der Waals surface area contributed by atoms with Crippen LogP contribution in [0.25, 0.3) is 0 Å². The number of aliphatic hydroxyl groups is 4. The van der Waals surface area contributed by atoms with Gasteiger partial charge in [0, 0.05) is 19.6 Å². The zero-order chi connectivity index (χ0) is 47.0. The largest absolute Gasteiger partial charge is 0.467 e. The van der Waals surface area contributed by atoms with Gasteiger partial charge in [-0.25, -0.2) is 14.4 Å². The van der Waals surface area contributed by atoms with Crippen LogP contribution in [0.3, 0.4) is 0 Å². The van der Waals surface area contributed by atoms with Gasteiger partial charge in [0.05, 0.1) is 37.8 Å². The number of nitrogens with zero attached hydrogens (tertiary/aromatic N) is 1. The third-order valence-electron chi connectivity index (χ3n) is 9.68. The number of rotatable bonds is 15. The van der Waals surface area contributed by atoms with E-state index in [0.717, 1.165) is 4.90 Å². The smallest absolute Gasteiger partial charge is 0.410 e. The fourth-order valence-electron chi connectivity index (χ4n) is 6.91. The van der Waals surface area contributed by atoms with Crippen LogP contribution < -0.4 is 32.7 Å². The van der Waals surface area contributed by atoms with Crippen LogP contribution in [-0.4, -0.2) is 179 Å². The highest BCUT2D eigenvalue weighted by molar-refractivity contribution is 5.82. The molecular weight excluding hydrogens is 818 g/mol. The molecule has 0 unspecified atom stereocenters. The lowest BCUT2D eigenvalue weighted by molar-refractivity contribution is -0.310. The van der Waals surface area contributed by atoms with E-state index in [1.165, 1.54) is 14.0 Å². The van der Waals surface area contributed by atoms with Gasteiger partial charge in [-0.05, 0) is 101 Å². The summed E-state index contributed by atoms with van der Waals surface area (Å²) in [6.07, 6.45) is -10.2. The summed E-state index contributed by atoms with van der Waals surface area (Å²) in [4.78, 5) is 51.6. The van der Waals surface area contributed by atoms with Crippen molar-refractivity contribution >= 4 is 24.2 Å². The Labute approximate surface area is 364 Å². The number of ether oxygens (including phenoxy) is 7. The van der Waals surface area contributed by atoms with Crippen molar-refractivity contribution in [3.63, 3.8) is 0 Å². The van der Waals surface area contributed by atoms with Gasteiger partial charge < -0.3 is 91.2 Å². The van der Waals surface area contributed by atoms with Gasteiger partial charge >= 0.3 is 18.3 Å².